The lowest BCUT2D eigenvalue weighted by Gasteiger charge is -2.22. The maximum absolute atomic E-state index is 14.2. The number of ether oxygens (including phenoxy) is 2. The third kappa shape index (κ3) is 1.76. The summed E-state index contributed by atoms with van der Waals surface area (Å²) in [4.78, 5) is 11.5. The molecule has 1 aliphatic rings. The Labute approximate surface area is 111 Å². The van der Waals surface area contributed by atoms with Gasteiger partial charge in [-0.3, -0.25) is 4.79 Å². The van der Waals surface area contributed by atoms with Crippen LogP contribution < -0.4 is 9.47 Å². The Balaban J connectivity index is 2.80. The highest BCUT2D eigenvalue weighted by Crippen LogP contribution is 2.56. The van der Waals surface area contributed by atoms with Crippen molar-refractivity contribution in [2.75, 3.05) is 14.2 Å². The molecule has 4 nitrogen and oxygen atoms in total. The number of halogens is 1. The zero-order valence-corrected chi connectivity index (χ0v) is 11.5. The molecule has 0 unspecified atom stereocenters. The quantitative estimate of drug-likeness (QED) is 0.911. The van der Waals surface area contributed by atoms with Crippen molar-refractivity contribution >= 4 is 5.97 Å². The van der Waals surface area contributed by atoms with Gasteiger partial charge in [0.1, 0.15) is 5.82 Å². The monoisotopic (exact) mass is 268 g/mol. The van der Waals surface area contributed by atoms with Crippen molar-refractivity contribution < 1.29 is 23.8 Å². The molecule has 1 fully saturated rings. The fourth-order valence-corrected chi connectivity index (χ4v) is 2.66. The van der Waals surface area contributed by atoms with E-state index in [1.807, 2.05) is 0 Å². The molecule has 0 spiro atoms. The Kier molecular flexibility index (Phi) is 3.16. The summed E-state index contributed by atoms with van der Waals surface area (Å²) in [6.45, 7) is 3.18. The van der Waals surface area contributed by atoms with Crippen LogP contribution >= 0.6 is 0 Å². The highest BCUT2D eigenvalue weighted by Gasteiger charge is 2.55. The normalized spacial score (nSPS) is 16.1. The number of aliphatic carboxylic acids is 1. The van der Waals surface area contributed by atoms with Gasteiger partial charge in [-0.1, -0.05) is 0 Å². The number of benzene rings is 1. The van der Waals surface area contributed by atoms with Gasteiger partial charge in [-0.05, 0) is 32.3 Å². The predicted octanol–water partition coefficient (Wildman–Crippen LogP) is 2.58. The lowest BCUT2D eigenvalue weighted by molar-refractivity contribution is -0.140. The van der Waals surface area contributed by atoms with Crippen molar-refractivity contribution in [3.63, 3.8) is 0 Å². The van der Waals surface area contributed by atoms with Gasteiger partial charge in [0.15, 0.2) is 11.5 Å². The first-order chi connectivity index (χ1) is 8.90. The summed E-state index contributed by atoms with van der Waals surface area (Å²) in [5, 5.41) is 9.41. The van der Waals surface area contributed by atoms with E-state index in [2.05, 4.69) is 0 Å². The standard InChI is InChI=1S/C14H17FO4/c1-7-9(14(5-6-14)13(16)17)12(19-4)11(18-3)8(2)10(7)15/h5-6H2,1-4H3,(H,16,17). The smallest absolute Gasteiger partial charge is 0.314 e. The number of rotatable bonds is 4. The molecule has 0 bridgehead atoms. The average Bonchev–Trinajstić information content (AvgIpc) is 3.16. The second-order valence-electron chi connectivity index (χ2n) is 4.89. The molecule has 1 aliphatic carbocycles. The first kappa shape index (κ1) is 13.6. The van der Waals surface area contributed by atoms with Crippen LogP contribution in [0.4, 0.5) is 4.39 Å². The Hall–Kier alpha value is -1.78. The molecular weight excluding hydrogens is 251 g/mol. The highest BCUT2D eigenvalue weighted by molar-refractivity contribution is 5.87. The summed E-state index contributed by atoms with van der Waals surface area (Å²) in [7, 11) is 2.86. The molecule has 0 radical (unpaired) electrons. The molecule has 0 amide bonds. The van der Waals surface area contributed by atoms with Crippen LogP contribution in [0.3, 0.4) is 0 Å². The maximum Gasteiger partial charge on any atom is 0.314 e. The zero-order chi connectivity index (χ0) is 14.4. The number of carboxylic acids is 1. The first-order valence-electron chi connectivity index (χ1n) is 6.05. The molecule has 0 aromatic heterocycles. The van der Waals surface area contributed by atoms with Gasteiger partial charge in [0.25, 0.3) is 0 Å². The second-order valence-corrected chi connectivity index (χ2v) is 4.89. The van der Waals surface area contributed by atoms with Crippen LogP contribution in [-0.2, 0) is 10.2 Å². The Morgan fingerprint density at radius 1 is 1.16 bits per heavy atom. The summed E-state index contributed by atoms with van der Waals surface area (Å²) < 4.78 is 24.7. The van der Waals surface area contributed by atoms with E-state index in [0.717, 1.165) is 0 Å². The van der Waals surface area contributed by atoms with Gasteiger partial charge in [-0.15, -0.1) is 0 Å². The zero-order valence-electron chi connectivity index (χ0n) is 11.5. The molecule has 1 aromatic rings. The molecule has 0 aliphatic heterocycles. The van der Waals surface area contributed by atoms with Gasteiger partial charge >= 0.3 is 5.97 Å². The van der Waals surface area contributed by atoms with Crippen molar-refractivity contribution in [2.24, 2.45) is 0 Å². The van der Waals surface area contributed by atoms with Crippen molar-refractivity contribution in [1.82, 2.24) is 0 Å². The fourth-order valence-electron chi connectivity index (χ4n) is 2.66. The van der Waals surface area contributed by atoms with E-state index in [4.69, 9.17) is 9.47 Å². The van der Waals surface area contributed by atoms with Gasteiger partial charge in [0, 0.05) is 11.1 Å². The molecule has 5 heteroatoms. The minimum Gasteiger partial charge on any atom is -0.493 e. The van der Waals surface area contributed by atoms with Crippen LogP contribution in [-0.4, -0.2) is 25.3 Å². The van der Waals surface area contributed by atoms with E-state index in [1.165, 1.54) is 14.2 Å². The van der Waals surface area contributed by atoms with E-state index >= 15 is 0 Å². The van der Waals surface area contributed by atoms with Crippen molar-refractivity contribution in [3.8, 4) is 11.5 Å². The number of methoxy groups -OCH3 is 2. The molecule has 1 aromatic carbocycles. The number of carbonyl (C=O) groups is 1. The molecule has 104 valence electrons. The Morgan fingerprint density at radius 3 is 2.05 bits per heavy atom. The van der Waals surface area contributed by atoms with E-state index in [1.54, 1.807) is 13.8 Å². The molecule has 0 saturated heterocycles. The van der Waals surface area contributed by atoms with Crippen molar-refractivity contribution in [3.05, 3.63) is 22.5 Å². The molecule has 2 rings (SSSR count). The molecule has 19 heavy (non-hydrogen) atoms. The molecule has 1 saturated carbocycles. The third-order valence-corrected chi connectivity index (χ3v) is 3.85. The largest absolute Gasteiger partial charge is 0.493 e. The van der Waals surface area contributed by atoms with Gasteiger partial charge in [0.2, 0.25) is 0 Å². The summed E-state index contributed by atoms with van der Waals surface area (Å²) in [6, 6.07) is 0. The van der Waals surface area contributed by atoms with Crippen LogP contribution in [0.15, 0.2) is 0 Å². The van der Waals surface area contributed by atoms with E-state index < -0.39 is 17.2 Å². The SMILES string of the molecule is COc1c(C)c(F)c(C)c(C2(C(=O)O)CC2)c1OC. The van der Waals surface area contributed by atoms with Crippen LogP contribution in [0.5, 0.6) is 11.5 Å². The summed E-state index contributed by atoms with van der Waals surface area (Å²) in [6.07, 6.45) is 0.983. The van der Waals surface area contributed by atoms with E-state index in [0.29, 0.717) is 35.3 Å². The summed E-state index contributed by atoms with van der Waals surface area (Å²) in [5.41, 5.74) is 0.0383. The van der Waals surface area contributed by atoms with Gasteiger partial charge in [-0.2, -0.15) is 0 Å². The van der Waals surface area contributed by atoms with Gasteiger partial charge in [0.05, 0.1) is 19.6 Å². The van der Waals surface area contributed by atoms with Crippen LogP contribution in [0.2, 0.25) is 0 Å². The van der Waals surface area contributed by atoms with Gasteiger partial charge < -0.3 is 14.6 Å². The van der Waals surface area contributed by atoms with Crippen molar-refractivity contribution in [2.45, 2.75) is 32.1 Å². The average molecular weight is 268 g/mol. The minimum atomic E-state index is -1.03. The molecule has 1 N–H and O–H groups in total. The molecule has 0 atom stereocenters. The Morgan fingerprint density at radius 2 is 1.68 bits per heavy atom. The van der Waals surface area contributed by atoms with Crippen LogP contribution in [0.1, 0.15) is 29.5 Å². The lowest BCUT2D eigenvalue weighted by Crippen LogP contribution is -2.23. The fraction of sp³-hybridized carbons (Fsp3) is 0.500. The van der Waals surface area contributed by atoms with E-state index in [-0.39, 0.29) is 5.75 Å². The number of carboxylic acid groups (broad SMARTS) is 1. The predicted molar refractivity (Wildman–Crippen MR) is 67.5 cm³/mol. The first-order valence-corrected chi connectivity index (χ1v) is 6.05. The van der Waals surface area contributed by atoms with Crippen molar-refractivity contribution in [1.29, 1.82) is 0 Å². The number of hydrogen-bond acceptors (Lipinski definition) is 3. The lowest BCUT2D eigenvalue weighted by atomic mass is 9.88. The number of hydrogen-bond donors (Lipinski definition) is 1. The van der Waals surface area contributed by atoms with Gasteiger partial charge in [-0.25, -0.2) is 4.39 Å². The van der Waals surface area contributed by atoms with E-state index in [9.17, 15) is 14.3 Å². The van der Waals surface area contributed by atoms with Crippen LogP contribution in [0, 0.1) is 19.7 Å². The highest BCUT2D eigenvalue weighted by atomic mass is 19.1. The third-order valence-electron chi connectivity index (χ3n) is 3.85. The van der Waals surface area contributed by atoms with Crippen LogP contribution in [0.25, 0.3) is 0 Å². The summed E-state index contributed by atoms with van der Waals surface area (Å²) in [5.74, 6) is -0.772. The second kappa shape index (κ2) is 4.40. The maximum atomic E-state index is 14.2. The minimum absolute atomic E-state index is 0.271. The molecular formula is C14H17FO4. The summed E-state index contributed by atoms with van der Waals surface area (Å²) >= 11 is 0. The topological polar surface area (TPSA) is 55.8 Å². The Bertz CT molecular complexity index is 547. The molecule has 0 heterocycles.